The number of carboxylic acid groups (broad SMARTS) is 1. The topological polar surface area (TPSA) is 96.6 Å². The molecule has 1 aliphatic carbocycles. The van der Waals surface area contributed by atoms with Crippen molar-refractivity contribution in [2.75, 3.05) is 0 Å². The zero-order valence-corrected chi connectivity index (χ0v) is 12.4. The minimum absolute atomic E-state index is 0.118. The lowest BCUT2D eigenvalue weighted by Crippen LogP contribution is -2.46. The molecule has 2 rings (SSSR count). The molecule has 1 heterocycles. The Morgan fingerprint density at radius 2 is 2.10 bits per heavy atom. The van der Waals surface area contributed by atoms with Gasteiger partial charge in [0.15, 0.2) is 0 Å². The summed E-state index contributed by atoms with van der Waals surface area (Å²) >= 11 is 0. The molecule has 1 saturated carbocycles. The molecule has 112 valence electrons. The van der Waals surface area contributed by atoms with Crippen molar-refractivity contribution in [3.8, 4) is 0 Å². The second-order valence-corrected chi connectivity index (χ2v) is 7.48. The zero-order chi connectivity index (χ0) is 15.0. The van der Waals surface area contributed by atoms with Crippen molar-refractivity contribution in [1.29, 1.82) is 0 Å². The van der Waals surface area contributed by atoms with Gasteiger partial charge in [0.25, 0.3) is 10.0 Å². The number of nitrogens with one attached hydrogen (secondary N) is 1. The zero-order valence-electron chi connectivity index (χ0n) is 11.5. The minimum Gasteiger partial charge on any atom is -0.475 e. The Labute approximate surface area is 118 Å². The molecule has 2 N–H and O–H groups in total. The number of rotatable bonds is 4. The van der Waals surface area contributed by atoms with E-state index in [-0.39, 0.29) is 22.3 Å². The standard InChI is InChI=1S/C13H19NO5S/c1-13(2)8-4-3-5-10(13)14-20(17,18)11-7-6-9(19-11)12(15)16/h6-7,10,14H,3-5,8H2,1-2H3,(H,15,16). The molecular formula is C13H19NO5S. The van der Waals surface area contributed by atoms with E-state index in [1.807, 2.05) is 13.8 Å². The molecular weight excluding hydrogens is 282 g/mol. The van der Waals surface area contributed by atoms with Crippen LogP contribution in [0, 0.1) is 5.41 Å². The summed E-state index contributed by atoms with van der Waals surface area (Å²) in [6.07, 6.45) is 3.81. The quantitative estimate of drug-likeness (QED) is 0.889. The Kier molecular flexibility index (Phi) is 3.93. The highest BCUT2D eigenvalue weighted by Crippen LogP contribution is 2.36. The highest BCUT2D eigenvalue weighted by atomic mass is 32.2. The van der Waals surface area contributed by atoms with Gasteiger partial charge in [-0.15, -0.1) is 0 Å². The first kappa shape index (κ1) is 15.1. The van der Waals surface area contributed by atoms with Gasteiger partial charge in [-0.25, -0.2) is 17.9 Å². The third-order valence-corrected chi connectivity index (χ3v) is 5.21. The van der Waals surface area contributed by atoms with E-state index < -0.39 is 16.0 Å². The highest BCUT2D eigenvalue weighted by Gasteiger charge is 2.36. The number of furan rings is 1. The van der Waals surface area contributed by atoms with Crippen LogP contribution in [0.5, 0.6) is 0 Å². The maximum absolute atomic E-state index is 12.2. The van der Waals surface area contributed by atoms with Crippen LogP contribution in [0.1, 0.15) is 50.1 Å². The predicted octanol–water partition coefficient (Wildman–Crippen LogP) is 2.22. The lowest BCUT2D eigenvalue weighted by atomic mass is 9.74. The van der Waals surface area contributed by atoms with E-state index in [9.17, 15) is 13.2 Å². The molecule has 0 spiro atoms. The lowest BCUT2D eigenvalue weighted by molar-refractivity contribution is 0.0656. The summed E-state index contributed by atoms with van der Waals surface area (Å²) in [6.45, 7) is 4.06. The van der Waals surface area contributed by atoms with Crippen molar-refractivity contribution in [3.05, 3.63) is 17.9 Å². The van der Waals surface area contributed by atoms with E-state index in [2.05, 4.69) is 4.72 Å². The molecule has 1 aliphatic rings. The molecule has 0 amide bonds. The van der Waals surface area contributed by atoms with Crippen LogP contribution in [0.15, 0.2) is 21.6 Å². The second kappa shape index (κ2) is 5.21. The Morgan fingerprint density at radius 1 is 1.40 bits per heavy atom. The molecule has 0 bridgehead atoms. The summed E-state index contributed by atoms with van der Waals surface area (Å²) in [5.41, 5.74) is -0.118. The summed E-state index contributed by atoms with van der Waals surface area (Å²) in [5, 5.41) is 8.41. The smallest absolute Gasteiger partial charge is 0.371 e. The number of hydrogen-bond donors (Lipinski definition) is 2. The number of hydrogen-bond acceptors (Lipinski definition) is 4. The van der Waals surface area contributed by atoms with Crippen LogP contribution in [0.3, 0.4) is 0 Å². The average Bonchev–Trinajstić information content (AvgIpc) is 2.82. The Bertz CT molecular complexity index is 602. The summed E-state index contributed by atoms with van der Waals surface area (Å²) in [7, 11) is -3.82. The Balaban J connectivity index is 2.20. The van der Waals surface area contributed by atoms with Crippen LogP contribution < -0.4 is 4.72 Å². The van der Waals surface area contributed by atoms with Crippen molar-refractivity contribution in [2.45, 2.75) is 50.7 Å². The van der Waals surface area contributed by atoms with Gasteiger partial charge in [0.2, 0.25) is 10.9 Å². The van der Waals surface area contributed by atoms with Crippen molar-refractivity contribution >= 4 is 16.0 Å². The normalized spacial score (nSPS) is 22.6. The van der Waals surface area contributed by atoms with Crippen LogP contribution in [-0.4, -0.2) is 25.5 Å². The van der Waals surface area contributed by atoms with E-state index in [4.69, 9.17) is 9.52 Å². The molecule has 7 heteroatoms. The third-order valence-electron chi connectivity index (χ3n) is 3.86. The molecule has 1 unspecified atom stereocenters. The first-order valence-corrected chi connectivity index (χ1v) is 8.06. The summed E-state index contributed by atoms with van der Waals surface area (Å²) in [6, 6.07) is 2.14. The Hall–Kier alpha value is -1.34. The Morgan fingerprint density at radius 3 is 2.65 bits per heavy atom. The highest BCUT2D eigenvalue weighted by molar-refractivity contribution is 7.89. The fraction of sp³-hybridized carbons (Fsp3) is 0.615. The largest absolute Gasteiger partial charge is 0.475 e. The number of carboxylic acids is 1. The summed E-state index contributed by atoms with van der Waals surface area (Å²) in [5.74, 6) is -1.67. The third kappa shape index (κ3) is 3.04. The summed E-state index contributed by atoms with van der Waals surface area (Å²) < 4.78 is 32.0. The van der Waals surface area contributed by atoms with Gasteiger partial charge in [0.1, 0.15) is 0 Å². The van der Waals surface area contributed by atoms with Gasteiger partial charge < -0.3 is 9.52 Å². The van der Waals surface area contributed by atoms with Gasteiger partial charge in [-0.2, -0.15) is 0 Å². The predicted molar refractivity (Wildman–Crippen MR) is 72.0 cm³/mol. The maximum Gasteiger partial charge on any atom is 0.371 e. The fourth-order valence-electron chi connectivity index (χ4n) is 2.54. The molecule has 1 fully saturated rings. The first-order chi connectivity index (χ1) is 9.22. The SMILES string of the molecule is CC1(C)CCCCC1NS(=O)(=O)c1ccc(C(=O)O)o1. The van der Waals surface area contributed by atoms with E-state index in [1.165, 1.54) is 6.07 Å². The van der Waals surface area contributed by atoms with Crippen LogP contribution in [-0.2, 0) is 10.0 Å². The van der Waals surface area contributed by atoms with Crippen molar-refractivity contribution < 1.29 is 22.7 Å². The molecule has 0 radical (unpaired) electrons. The molecule has 0 aromatic carbocycles. The van der Waals surface area contributed by atoms with Gasteiger partial charge >= 0.3 is 5.97 Å². The van der Waals surface area contributed by atoms with E-state index in [1.54, 1.807) is 0 Å². The van der Waals surface area contributed by atoms with Gasteiger partial charge in [-0.1, -0.05) is 26.7 Å². The molecule has 0 aliphatic heterocycles. The van der Waals surface area contributed by atoms with Crippen LogP contribution in [0.4, 0.5) is 0 Å². The maximum atomic E-state index is 12.2. The van der Waals surface area contributed by atoms with Gasteiger partial charge in [-0.3, -0.25) is 0 Å². The molecule has 1 aromatic rings. The molecule has 1 aromatic heterocycles. The first-order valence-electron chi connectivity index (χ1n) is 6.58. The molecule has 0 saturated heterocycles. The van der Waals surface area contributed by atoms with Gasteiger partial charge in [0, 0.05) is 6.04 Å². The van der Waals surface area contributed by atoms with Crippen LogP contribution >= 0.6 is 0 Å². The monoisotopic (exact) mass is 301 g/mol. The molecule has 1 atom stereocenters. The number of aromatic carboxylic acids is 1. The summed E-state index contributed by atoms with van der Waals surface area (Å²) in [4.78, 5) is 10.7. The lowest BCUT2D eigenvalue weighted by Gasteiger charge is -2.38. The van der Waals surface area contributed by atoms with E-state index in [0.29, 0.717) is 0 Å². The van der Waals surface area contributed by atoms with Crippen LogP contribution in [0.2, 0.25) is 0 Å². The number of carbonyl (C=O) groups is 1. The van der Waals surface area contributed by atoms with Crippen molar-refractivity contribution in [2.24, 2.45) is 5.41 Å². The second-order valence-electron chi connectivity index (χ2n) is 5.83. The van der Waals surface area contributed by atoms with E-state index in [0.717, 1.165) is 31.7 Å². The fourth-order valence-corrected chi connectivity index (χ4v) is 3.91. The van der Waals surface area contributed by atoms with Crippen molar-refractivity contribution in [1.82, 2.24) is 4.72 Å². The molecule has 6 nitrogen and oxygen atoms in total. The van der Waals surface area contributed by atoms with Gasteiger partial charge in [0.05, 0.1) is 0 Å². The van der Waals surface area contributed by atoms with Gasteiger partial charge in [-0.05, 0) is 30.4 Å². The molecule has 20 heavy (non-hydrogen) atoms. The van der Waals surface area contributed by atoms with E-state index >= 15 is 0 Å². The van der Waals surface area contributed by atoms with Crippen LogP contribution in [0.25, 0.3) is 0 Å². The van der Waals surface area contributed by atoms with Crippen molar-refractivity contribution in [3.63, 3.8) is 0 Å². The number of sulfonamides is 1. The minimum atomic E-state index is -3.82. The average molecular weight is 301 g/mol.